The molecule has 0 unspecified atom stereocenters. The number of aliphatic hydroxyl groups excluding tert-OH is 3. The van der Waals surface area contributed by atoms with Crippen LogP contribution < -0.4 is 5.32 Å². The third-order valence-electron chi connectivity index (χ3n) is 3.44. The molecule has 0 aliphatic carbocycles. The molecule has 7 heteroatoms. The number of carbonyl (C=O) groups excluding carboxylic acids is 1. The van der Waals surface area contributed by atoms with Crippen molar-refractivity contribution in [3.8, 4) is 0 Å². The van der Waals surface area contributed by atoms with Crippen LogP contribution in [0.5, 0.6) is 0 Å². The summed E-state index contributed by atoms with van der Waals surface area (Å²) < 4.78 is 10.3. The van der Waals surface area contributed by atoms with Crippen LogP contribution in [0.2, 0.25) is 0 Å². The second-order valence-corrected chi connectivity index (χ2v) is 4.91. The van der Waals surface area contributed by atoms with Crippen molar-refractivity contribution in [3.63, 3.8) is 0 Å². The van der Waals surface area contributed by atoms with E-state index in [1.165, 1.54) is 6.92 Å². The van der Waals surface area contributed by atoms with Crippen molar-refractivity contribution >= 4 is 11.7 Å². The van der Waals surface area contributed by atoms with Crippen LogP contribution in [-0.2, 0) is 9.47 Å². The van der Waals surface area contributed by atoms with Crippen molar-refractivity contribution < 1.29 is 29.6 Å². The molecule has 1 aromatic carbocycles. The van der Waals surface area contributed by atoms with Crippen molar-refractivity contribution in [2.24, 2.45) is 0 Å². The summed E-state index contributed by atoms with van der Waals surface area (Å²) in [5.74, 6) is -0.683. The first-order valence-electron chi connectivity index (χ1n) is 6.62. The van der Waals surface area contributed by atoms with Crippen LogP contribution in [0.4, 0.5) is 5.69 Å². The molecule has 1 saturated heterocycles. The number of hydrogen-bond acceptors (Lipinski definition) is 7. The molecule has 0 aromatic heterocycles. The lowest BCUT2D eigenvalue weighted by Crippen LogP contribution is -2.57. The van der Waals surface area contributed by atoms with Gasteiger partial charge in [-0.1, -0.05) is 0 Å². The third-order valence-corrected chi connectivity index (χ3v) is 3.44. The number of nitrogens with one attached hydrogen (secondary N) is 1. The Morgan fingerprint density at radius 1 is 1.14 bits per heavy atom. The van der Waals surface area contributed by atoms with Crippen LogP contribution in [0.15, 0.2) is 24.3 Å². The van der Waals surface area contributed by atoms with Gasteiger partial charge in [-0.05, 0) is 31.2 Å². The first-order valence-corrected chi connectivity index (χ1v) is 6.62. The molecule has 1 fully saturated rings. The molecule has 5 atom stereocenters. The van der Waals surface area contributed by atoms with Gasteiger partial charge in [0.15, 0.2) is 0 Å². The highest BCUT2D eigenvalue weighted by molar-refractivity contribution is 5.89. The summed E-state index contributed by atoms with van der Waals surface area (Å²) in [7, 11) is 1.76. The number of carbonyl (C=O) groups is 1. The van der Waals surface area contributed by atoms with Gasteiger partial charge in [0.05, 0.1) is 11.7 Å². The van der Waals surface area contributed by atoms with Gasteiger partial charge in [0, 0.05) is 12.7 Å². The van der Waals surface area contributed by atoms with Gasteiger partial charge >= 0.3 is 5.97 Å². The van der Waals surface area contributed by atoms with Crippen molar-refractivity contribution in [2.45, 2.75) is 37.6 Å². The maximum Gasteiger partial charge on any atom is 0.340 e. The summed E-state index contributed by atoms with van der Waals surface area (Å²) >= 11 is 0. The van der Waals surface area contributed by atoms with E-state index in [0.29, 0.717) is 0 Å². The van der Waals surface area contributed by atoms with E-state index < -0.39 is 36.7 Å². The third kappa shape index (κ3) is 3.33. The largest absolute Gasteiger partial charge is 0.429 e. The van der Waals surface area contributed by atoms with Crippen LogP contribution in [0, 0.1) is 0 Å². The smallest absolute Gasteiger partial charge is 0.340 e. The van der Waals surface area contributed by atoms with E-state index in [9.17, 15) is 20.1 Å². The summed E-state index contributed by atoms with van der Waals surface area (Å²) in [5.41, 5.74) is 1.13. The van der Waals surface area contributed by atoms with Crippen LogP contribution in [0.25, 0.3) is 0 Å². The minimum atomic E-state index is -1.50. The zero-order valence-electron chi connectivity index (χ0n) is 11.8. The lowest BCUT2D eigenvalue weighted by molar-refractivity contribution is -0.276. The number of anilines is 1. The van der Waals surface area contributed by atoms with Gasteiger partial charge in [-0.2, -0.15) is 0 Å². The van der Waals surface area contributed by atoms with E-state index in [1.54, 1.807) is 31.3 Å². The van der Waals surface area contributed by atoms with E-state index in [4.69, 9.17) is 9.47 Å². The fraction of sp³-hybridized carbons (Fsp3) is 0.500. The van der Waals surface area contributed by atoms with Crippen molar-refractivity contribution in [2.75, 3.05) is 12.4 Å². The van der Waals surface area contributed by atoms with Crippen LogP contribution in [-0.4, -0.2) is 59.0 Å². The predicted octanol–water partition coefficient (Wildman–Crippen LogP) is -0.287. The van der Waals surface area contributed by atoms with E-state index in [2.05, 4.69) is 5.32 Å². The topological polar surface area (TPSA) is 108 Å². The molecule has 0 radical (unpaired) electrons. The fourth-order valence-corrected chi connectivity index (χ4v) is 2.06. The summed E-state index contributed by atoms with van der Waals surface area (Å²) in [4.78, 5) is 12.0. The minimum absolute atomic E-state index is 0.290. The zero-order valence-corrected chi connectivity index (χ0v) is 11.8. The Balaban J connectivity index is 2.04. The molecule has 1 heterocycles. The molecule has 0 amide bonds. The van der Waals surface area contributed by atoms with Gasteiger partial charge in [0.2, 0.25) is 6.29 Å². The van der Waals surface area contributed by atoms with E-state index in [1.807, 2.05) is 0 Å². The quantitative estimate of drug-likeness (QED) is 0.568. The summed E-state index contributed by atoms with van der Waals surface area (Å²) in [6, 6.07) is 6.54. The Kier molecular flexibility index (Phi) is 4.79. The molecule has 1 aliphatic heterocycles. The van der Waals surface area contributed by atoms with Crippen molar-refractivity contribution in [1.29, 1.82) is 0 Å². The Hall–Kier alpha value is -1.67. The number of esters is 1. The maximum atomic E-state index is 12.0. The summed E-state index contributed by atoms with van der Waals surface area (Å²) in [6.45, 7) is 1.52. The molecule has 0 bridgehead atoms. The Morgan fingerprint density at radius 3 is 2.33 bits per heavy atom. The molecule has 21 heavy (non-hydrogen) atoms. The zero-order chi connectivity index (χ0) is 15.6. The summed E-state index contributed by atoms with van der Waals surface area (Å²) in [6.07, 6.45) is -6.25. The molecule has 7 nitrogen and oxygen atoms in total. The van der Waals surface area contributed by atoms with E-state index in [0.717, 1.165) is 5.69 Å². The van der Waals surface area contributed by atoms with E-state index >= 15 is 0 Å². The molecule has 0 saturated carbocycles. The molecule has 0 spiro atoms. The average Bonchev–Trinajstić information content (AvgIpc) is 2.50. The number of rotatable bonds is 3. The highest BCUT2D eigenvalue weighted by atomic mass is 16.7. The standard InChI is InChI=1S/C14H19NO6/c1-7-10(16)11(17)12(18)14(20-7)21-13(19)8-3-5-9(15-2)6-4-8/h3-7,10-12,14-18H,1-2H3/t7-,10-,11+,12+,14-/m0/s1. The highest BCUT2D eigenvalue weighted by Crippen LogP contribution is 2.22. The molecule has 2 rings (SSSR count). The Bertz CT molecular complexity index is 491. The molecular formula is C14H19NO6. The van der Waals surface area contributed by atoms with Crippen LogP contribution in [0.3, 0.4) is 0 Å². The van der Waals surface area contributed by atoms with Gasteiger partial charge in [0.1, 0.15) is 18.3 Å². The van der Waals surface area contributed by atoms with Gasteiger partial charge in [-0.15, -0.1) is 0 Å². The van der Waals surface area contributed by atoms with Crippen LogP contribution in [0.1, 0.15) is 17.3 Å². The molecule has 1 aliphatic rings. The first-order chi connectivity index (χ1) is 9.93. The average molecular weight is 297 g/mol. The normalized spacial score (nSPS) is 32.5. The second kappa shape index (κ2) is 6.40. The Morgan fingerprint density at radius 2 is 1.76 bits per heavy atom. The monoisotopic (exact) mass is 297 g/mol. The lowest BCUT2D eigenvalue weighted by Gasteiger charge is -2.38. The van der Waals surface area contributed by atoms with E-state index in [-0.39, 0.29) is 5.56 Å². The van der Waals surface area contributed by atoms with Crippen molar-refractivity contribution in [3.05, 3.63) is 29.8 Å². The lowest BCUT2D eigenvalue weighted by atomic mass is 10.00. The number of hydrogen-bond donors (Lipinski definition) is 4. The number of aliphatic hydroxyl groups is 3. The predicted molar refractivity (Wildman–Crippen MR) is 73.8 cm³/mol. The van der Waals surface area contributed by atoms with Gasteiger partial charge < -0.3 is 30.1 Å². The molecule has 4 N–H and O–H groups in total. The van der Waals surface area contributed by atoms with Gasteiger partial charge in [0.25, 0.3) is 0 Å². The second-order valence-electron chi connectivity index (χ2n) is 4.91. The maximum absolute atomic E-state index is 12.0. The number of ether oxygens (including phenoxy) is 2. The molecular weight excluding hydrogens is 278 g/mol. The Labute approximate surface area is 122 Å². The minimum Gasteiger partial charge on any atom is -0.429 e. The highest BCUT2D eigenvalue weighted by Gasteiger charge is 2.43. The number of benzene rings is 1. The molecule has 116 valence electrons. The first kappa shape index (κ1) is 15.7. The molecule has 1 aromatic rings. The fourth-order valence-electron chi connectivity index (χ4n) is 2.06. The van der Waals surface area contributed by atoms with Crippen molar-refractivity contribution in [1.82, 2.24) is 0 Å². The van der Waals surface area contributed by atoms with Gasteiger partial charge in [-0.3, -0.25) is 0 Å². The summed E-state index contributed by atoms with van der Waals surface area (Å²) in [5, 5.41) is 31.9. The van der Waals surface area contributed by atoms with Crippen LogP contribution >= 0.6 is 0 Å². The van der Waals surface area contributed by atoms with Gasteiger partial charge in [-0.25, -0.2) is 4.79 Å². The SMILES string of the molecule is CNc1ccc(C(=O)O[C@@H]2O[C@@H](C)[C@H](O)[C@@H](O)[C@H]2O)cc1.